The van der Waals surface area contributed by atoms with Crippen molar-refractivity contribution in [2.45, 2.75) is 45.2 Å². The Bertz CT molecular complexity index is 175. The van der Waals surface area contributed by atoms with Crippen LogP contribution in [-0.4, -0.2) is 30.1 Å². The van der Waals surface area contributed by atoms with Crippen molar-refractivity contribution in [3.8, 4) is 0 Å². The molecule has 13 heavy (non-hydrogen) atoms. The molecule has 1 saturated heterocycles. The van der Waals surface area contributed by atoms with E-state index in [0.29, 0.717) is 6.04 Å². The maximum atomic E-state index is 5.79. The first-order valence-electron chi connectivity index (χ1n) is 5.66. The van der Waals surface area contributed by atoms with Crippen LogP contribution in [0.1, 0.15) is 33.1 Å². The molecule has 2 rings (SSSR count). The molecular formula is C11H22N2. The van der Waals surface area contributed by atoms with Crippen LogP contribution in [0.15, 0.2) is 0 Å². The zero-order chi connectivity index (χ0) is 9.42. The highest BCUT2D eigenvalue weighted by molar-refractivity contribution is 4.88. The molecular weight excluding hydrogens is 160 g/mol. The highest BCUT2D eigenvalue weighted by Gasteiger charge is 2.33. The van der Waals surface area contributed by atoms with Gasteiger partial charge in [0.25, 0.3) is 0 Å². The molecule has 0 spiro atoms. The van der Waals surface area contributed by atoms with Crippen molar-refractivity contribution in [2.24, 2.45) is 17.6 Å². The third-order valence-electron chi connectivity index (χ3n) is 4.04. The SMILES string of the molecule is CC1CCN(CC2CC(N)C2)C1C. The summed E-state index contributed by atoms with van der Waals surface area (Å²) in [5, 5.41) is 0. The molecule has 1 saturated carbocycles. The van der Waals surface area contributed by atoms with Crippen LogP contribution in [-0.2, 0) is 0 Å². The van der Waals surface area contributed by atoms with Crippen LogP contribution in [0.2, 0.25) is 0 Å². The van der Waals surface area contributed by atoms with Gasteiger partial charge in [0.15, 0.2) is 0 Å². The summed E-state index contributed by atoms with van der Waals surface area (Å²) in [5.41, 5.74) is 5.79. The normalized spacial score (nSPS) is 46.4. The molecule has 0 aromatic rings. The maximum Gasteiger partial charge on any atom is 0.00931 e. The third kappa shape index (κ3) is 1.89. The second-order valence-corrected chi connectivity index (χ2v) is 5.10. The number of hydrogen-bond acceptors (Lipinski definition) is 2. The Balaban J connectivity index is 1.76. The molecule has 2 N–H and O–H groups in total. The number of nitrogens with zero attached hydrogens (tertiary/aromatic N) is 1. The van der Waals surface area contributed by atoms with Gasteiger partial charge in [-0.25, -0.2) is 0 Å². The van der Waals surface area contributed by atoms with E-state index in [1.165, 1.54) is 32.4 Å². The van der Waals surface area contributed by atoms with E-state index < -0.39 is 0 Å². The lowest BCUT2D eigenvalue weighted by Crippen LogP contribution is -2.44. The molecule has 1 aliphatic heterocycles. The zero-order valence-corrected chi connectivity index (χ0v) is 8.87. The van der Waals surface area contributed by atoms with E-state index in [0.717, 1.165) is 17.9 Å². The predicted molar refractivity (Wildman–Crippen MR) is 55.5 cm³/mol. The Hall–Kier alpha value is -0.0800. The van der Waals surface area contributed by atoms with Crippen molar-refractivity contribution in [1.29, 1.82) is 0 Å². The lowest BCUT2D eigenvalue weighted by molar-refractivity contribution is 0.148. The van der Waals surface area contributed by atoms with Gasteiger partial charge in [-0.05, 0) is 44.6 Å². The van der Waals surface area contributed by atoms with Gasteiger partial charge in [0.1, 0.15) is 0 Å². The quantitative estimate of drug-likeness (QED) is 0.700. The molecule has 1 aliphatic carbocycles. The summed E-state index contributed by atoms with van der Waals surface area (Å²) in [6.07, 6.45) is 3.91. The molecule has 2 heteroatoms. The van der Waals surface area contributed by atoms with Crippen molar-refractivity contribution < 1.29 is 0 Å². The average molecular weight is 182 g/mol. The van der Waals surface area contributed by atoms with E-state index in [-0.39, 0.29) is 0 Å². The van der Waals surface area contributed by atoms with Crippen LogP contribution in [0.25, 0.3) is 0 Å². The van der Waals surface area contributed by atoms with Crippen molar-refractivity contribution in [2.75, 3.05) is 13.1 Å². The van der Waals surface area contributed by atoms with Gasteiger partial charge < -0.3 is 10.6 Å². The second-order valence-electron chi connectivity index (χ2n) is 5.10. The molecule has 2 atom stereocenters. The zero-order valence-electron chi connectivity index (χ0n) is 8.87. The van der Waals surface area contributed by atoms with E-state index in [2.05, 4.69) is 18.7 Å². The van der Waals surface area contributed by atoms with Crippen molar-refractivity contribution in [1.82, 2.24) is 4.90 Å². The minimum absolute atomic E-state index is 0.514. The van der Waals surface area contributed by atoms with Crippen LogP contribution in [0, 0.1) is 11.8 Å². The van der Waals surface area contributed by atoms with Gasteiger partial charge in [-0.2, -0.15) is 0 Å². The molecule has 0 aromatic carbocycles. The van der Waals surface area contributed by atoms with Crippen molar-refractivity contribution >= 4 is 0 Å². The van der Waals surface area contributed by atoms with Crippen molar-refractivity contribution in [3.05, 3.63) is 0 Å². The highest BCUT2D eigenvalue weighted by atomic mass is 15.2. The first-order chi connectivity index (χ1) is 6.16. The van der Waals surface area contributed by atoms with Gasteiger partial charge >= 0.3 is 0 Å². The lowest BCUT2D eigenvalue weighted by Gasteiger charge is -2.37. The first kappa shape index (κ1) is 9.47. The van der Waals surface area contributed by atoms with Crippen LogP contribution < -0.4 is 5.73 Å². The van der Waals surface area contributed by atoms with Gasteiger partial charge in [-0.15, -0.1) is 0 Å². The minimum Gasteiger partial charge on any atom is -0.328 e. The van der Waals surface area contributed by atoms with Gasteiger partial charge in [-0.1, -0.05) is 6.92 Å². The Kier molecular flexibility index (Phi) is 2.61. The molecule has 2 nitrogen and oxygen atoms in total. The summed E-state index contributed by atoms with van der Waals surface area (Å²) in [4.78, 5) is 2.65. The third-order valence-corrected chi connectivity index (χ3v) is 4.04. The topological polar surface area (TPSA) is 29.3 Å². The smallest absolute Gasteiger partial charge is 0.00931 e. The Morgan fingerprint density at radius 2 is 2.00 bits per heavy atom. The van der Waals surface area contributed by atoms with Crippen LogP contribution in [0.4, 0.5) is 0 Å². The van der Waals surface area contributed by atoms with E-state index >= 15 is 0 Å². The predicted octanol–water partition coefficient (Wildman–Crippen LogP) is 1.45. The maximum absolute atomic E-state index is 5.79. The fraction of sp³-hybridized carbons (Fsp3) is 1.00. The van der Waals surface area contributed by atoms with E-state index in [1.807, 2.05) is 0 Å². The van der Waals surface area contributed by atoms with Gasteiger partial charge in [-0.3, -0.25) is 0 Å². The molecule has 76 valence electrons. The number of rotatable bonds is 2. The molecule has 2 unspecified atom stereocenters. The monoisotopic (exact) mass is 182 g/mol. The number of nitrogens with two attached hydrogens (primary N) is 1. The van der Waals surface area contributed by atoms with E-state index in [9.17, 15) is 0 Å². The summed E-state index contributed by atoms with van der Waals surface area (Å²) in [7, 11) is 0. The van der Waals surface area contributed by atoms with Crippen LogP contribution in [0.5, 0.6) is 0 Å². The molecule has 2 fully saturated rings. The van der Waals surface area contributed by atoms with Gasteiger partial charge in [0, 0.05) is 18.6 Å². The number of likely N-dealkylation sites (tertiary alicyclic amines) is 1. The molecule has 0 bridgehead atoms. The molecule has 0 aromatic heterocycles. The Morgan fingerprint density at radius 3 is 2.46 bits per heavy atom. The van der Waals surface area contributed by atoms with E-state index in [4.69, 9.17) is 5.73 Å². The summed E-state index contributed by atoms with van der Waals surface area (Å²) in [6.45, 7) is 7.36. The van der Waals surface area contributed by atoms with Crippen LogP contribution in [0.3, 0.4) is 0 Å². The standard InChI is InChI=1S/C11H22N2/c1-8-3-4-13(9(8)2)7-10-5-11(12)6-10/h8-11H,3-7,12H2,1-2H3. The molecule has 0 amide bonds. The van der Waals surface area contributed by atoms with Gasteiger partial charge in [0.05, 0.1) is 0 Å². The lowest BCUT2D eigenvalue weighted by atomic mass is 9.80. The second kappa shape index (κ2) is 3.58. The molecule has 1 heterocycles. The number of hydrogen-bond donors (Lipinski definition) is 1. The summed E-state index contributed by atoms with van der Waals surface area (Å²) in [5.74, 6) is 1.80. The molecule has 0 radical (unpaired) electrons. The summed E-state index contributed by atoms with van der Waals surface area (Å²) < 4.78 is 0. The Labute approximate surface area is 81.5 Å². The largest absolute Gasteiger partial charge is 0.328 e. The summed E-state index contributed by atoms with van der Waals surface area (Å²) >= 11 is 0. The fourth-order valence-corrected chi connectivity index (χ4v) is 2.70. The van der Waals surface area contributed by atoms with Crippen LogP contribution >= 0.6 is 0 Å². The minimum atomic E-state index is 0.514. The summed E-state index contributed by atoms with van der Waals surface area (Å²) in [6, 6.07) is 1.32. The van der Waals surface area contributed by atoms with E-state index in [1.54, 1.807) is 0 Å². The highest BCUT2D eigenvalue weighted by Crippen LogP contribution is 2.30. The molecule has 2 aliphatic rings. The average Bonchev–Trinajstić information content (AvgIpc) is 2.33. The van der Waals surface area contributed by atoms with Gasteiger partial charge in [0.2, 0.25) is 0 Å². The first-order valence-corrected chi connectivity index (χ1v) is 5.66. The fourth-order valence-electron chi connectivity index (χ4n) is 2.70. The van der Waals surface area contributed by atoms with Crippen molar-refractivity contribution in [3.63, 3.8) is 0 Å². The Morgan fingerprint density at radius 1 is 1.31 bits per heavy atom.